The molecule has 1 amide bonds. The maximum atomic E-state index is 12.4. The Morgan fingerprint density at radius 2 is 2.03 bits per heavy atom. The Hall–Kier alpha value is -2.32. The highest BCUT2D eigenvalue weighted by Gasteiger charge is 2.18. The molecule has 0 spiro atoms. The molecule has 30 heavy (non-hydrogen) atoms. The van der Waals surface area contributed by atoms with Gasteiger partial charge in [0.05, 0.1) is 15.8 Å². The lowest BCUT2D eigenvalue weighted by Crippen LogP contribution is -2.14. The van der Waals surface area contributed by atoms with E-state index < -0.39 is 0 Å². The summed E-state index contributed by atoms with van der Waals surface area (Å²) in [7, 11) is 0. The average Bonchev–Trinajstić information content (AvgIpc) is 3.33. The van der Waals surface area contributed by atoms with Gasteiger partial charge in [0.15, 0.2) is 11.0 Å². The Balaban J connectivity index is 1.52. The number of amides is 1. The first-order valence-electron chi connectivity index (χ1n) is 8.95. The van der Waals surface area contributed by atoms with Gasteiger partial charge < -0.3 is 5.32 Å². The van der Waals surface area contributed by atoms with Crippen LogP contribution in [0.4, 0.5) is 5.69 Å². The number of anilines is 1. The van der Waals surface area contributed by atoms with Gasteiger partial charge in [0.25, 0.3) is 0 Å². The Bertz CT molecular complexity index is 1230. The molecular formula is C21H16Cl2N4OS2. The highest BCUT2D eigenvalue weighted by molar-refractivity contribution is 7.99. The third-order valence-corrected chi connectivity index (χ3v) is 6.96. The molecule has 2 aromatic heterocycles. The molecule has 0 aliphatic carbocycles. The van der Waals surface area contributed by atoms with Gasteiger partial charge in [0.2, 0.25) is 5.91 Å². The van der Waals surface area contributed by atoms with Crippen LogP contribution in [0.1, 0.15) is 0 Å². The zero-order chi connectivity index (χ0) is 21.1. The smallest absolute Gasteiger partial charge is 0.234 e. The second-order valence-corrected chi connectivity index (χ2v) is 8.98. The first-order chi connectivity index (χ1) is 14.6. The number of benzene rings is 2. The molecule has 4 aromatic rings. The zero-order valence-electron chi connectivity index (χ0n) is 15.6. The van der Waals surface area contributed by atoms with E-state index in [4.69, 9.17) is 23.2 Å². The van der Waals surface area contributed by atoms with Crippen molar-refractivity contribution in [2.45, 2.75) is 11.7 Å². The standard InChI is InChI=1S/C21H16Cl2N4OS2/c1-2-9-27-20(15-11-29-18-6-4-3-5-14(15)18)25-26-21(27)30-12-19(28)24-13-7-8-16(22)17(23)10-13/h2-8,10-11H,1,9,12H2,(H,24,28). The minimum Gasteiger partial charge on any atom is -0.325 e. The molecule has 1 N–H and O–H groups in total. The van der Waals surface area contributed by atoms with Crippen molar-refractivity contribution in [1.82, 2.24) is 14.8 Å². The minimum atomic E-state index is -0.172. The fourth-order valence-corrected chi connectivity index (χ4v) is 4.93. The van der Waals surface area contributed by atoms with Gasteiger partial charge in [-0.25, -0.2) is 0 Å². The molecule has 0 saturated carbocycles. The second-order valence-electron chi connectivity index (χ2n) is 6.32. The van der Waals surface area contributed by atoms with E-state index in [1.165, 1.54) is 16.5 Å². The number of carbonyl (C=O) groups is 1. The van der Waals surface area contributed by atoms with Crippen LogP contribution in [-0.4, -0.2) is 26.4 Å². The van der Waals surface area contributed by atoms with Crippen LogP contribution < -0.4 is 5.32 Å². The first-order valence-corrected chi connectivity index (χ1v) is 11.6. The van der Waals surface area contributed by atoms with Crippen molar-refractivity contribution in [3.63, 3.8) is 0 Å². The topological polar surface area (TPSA) is 59.8 Å². The number of hydrogen-bond donors (Lipinski definition) is 1. The van der Waals surface area contributed by atoms with Crippen molar-refractivity contribution < 1.29 is 4.79 Å². The fourth-order valence-electron chi connectivity index (χ4n) is 2.94. The molecule has 9 heteroatoms. The summed E-state index contributed by atoms with van der Waals surface area (Å²) in [5.41, 5.74) is 1.62. The number of aromatic nitrogens is 3. The molecular weight excluding hydrogens is 459 g/mol. The summed E-state index contributed by atoms with van der Waals surface area (Å²) in [6.45, 7) is 4.39. The van der Waals surface area contributed by atoms with Crippen LogP contribution in [0.25, 0.3) is 21.5 Å². The SMILES string of the molecule is C=CCn1c(SCC(=O)Nc2ccc(Cl)c(Cl)c2)nnc1-c1csc2ccccc12. The number of carbonyl (C=O) groups excluding carboxylic acids is 1. The van der Waals surface area contributed by atoms with E-state index in [9.17, 15) is 4.79 Å². The Labute approximate surface area is 191 Å². The Kier molecular flexibility index (Phi) is 6.43. The van der Waals surface area contributed by atoms with E-state index in [1.54, 1.807) is 35.6 Å². The minimum absolute atomic E-state index is 0.172. The van der Waals surface area contributed by atoms with Gasteiger partial charge in [0.1, 0.15) is 0 Å². The van der Waals surface area contributed by atoms with E-state index in [1.807, 2.05) is 16.7 Å². The van der Waals surface area contributed by atoms with E-state index in [2.05, 4.69) is 39.6 Å². The molecule has 2 aromatic carbocycles. The fraction of sp³-hybridized carbons (Fsp3) is 0.0952. The number of halogens is 2. The molecule has 0 radical (unpaired) electrons. The normalized spacial score (nSPS) is 11.0. The molecule has 0 atom stereocenters. The summed E-state index contributed by atoms with van der Waals surface area (Å²) in [4.78, 5) is 12.4. The summed E-state index contributed by atoms with van der Waals surface area (Å²) < 4.78 is 3.16. The van der Waals surface area contributed by atoms with E-state index in [-0.39, 0.29) is 11.7 Å². The van der Waals surface area contributed by atoms with Crippen LogP contribution in [0.15, 0.2) is 65.7 Å². The summed E-state index contributed by atoms with van der Waals surface area (Å²) in [5.74, 6) is 0.772. The third-order valence-electron chi connectivity index (χ3n) is 4.29. The average molecular weight is 475 g/mol. The van der Waals surface area contributed by atoms with Gasteiger partial charge in [0, 0.05) is 33.3 Å². The number of nitrogens with zero attached hydrogens (tertiary/aromatic N) is 3. The van der Waals surface area contributed by atoms with Crippen LogP contribution >= 0.6 is 46.3 Å². The quantitative estimate of drug-likeness (QED) is 0.249. The molecule has 0 fully saturated rings. The lowest BCUT2D eigenvalue weighted by Gasteiger charge is -2.08. The highest BCUT2D eigenvalue weighted by atomic mass is 35.5. The Morgan fingerprint density at radius 3 is 2.83 bits per heavy atom. The number of hydrogen-bond acceptors (Lipinski definition) is 5. The van der Waals surface area contributed by atoms with Crippen LogP contribution in [-0.2, 0) is 11.3 Å². The molecule has 0 unspecified atom stereocenters. The van der Waals surface area contributed by atoms with Gasteiger partial charge in [-0.1, -0.05) is 59.2 Å². The van der Waals surface area contributed by atoms with Crippen molar-refractivity contribution >= 4 is 68.0 Å². The number of nitrogens with one attached hydrogen (secondary N) is 1. The predicted octanol–water partition coefficient (Wildman–Crippen LogP) is 6.38. The Morgan fingerprint density at radius 1 is 1.20 bits per heavy atom. The number of thiophene rings is 1. The first kappa shape index (κ1) is 20.9. The number of rotatable bonds is 7. The van der Waals surface area contributed by atoms with E-state index in [0.717, 1.165) is 16.8 Å². The maximum absolute atomic E-state index is 12.4. The van der Waals surface area contributed by atoms with Gasteiger partial charge in [-0.3, -0.25) is 9.36 Å². The van der Waals surface area contributed by atoms with Crippen molar-refractivity contribution in [2.24, 2.45) is 0 Å². The largest absolute Gasteiger partial charge is 0.325 e. The third kappa shape index (κ3) is 4.39. The van der Waals surface area contributed by atoms with Crippen molar-refractivity contribution in [1.29, 1.82) is 0 Å². The van der Waals surface area contributed by atoms with Crippen molar-refractivity contribution in [2.75, 3.05) is 11.1 Å². The molecule has 5 nitrogen and oxygen atoms in total. The van der Waals surface area contributed by atoms with E-state index in [0.29, 0.717) is 27.4 Å². The van der Waals surface area contributed by atoms with Gasteiger partial charge in [-0.15, -0.1) is 28.1 Å². The second kappa shape index (κ2) is 9.22. The lowest BCUT2D eigenvalue weighted by molar-refractivity contribution is -0.113. The van der Waals surface area contributed by atoms with Crippen LogP contribution in [0, 0.1) is 0 Å². The lowest BCUT2D eigenvalue weighted by atomic mass is 10.1. The predicted molar refractivity (Wildman–Crippen MR) is 127 cm³/mol. The summed E-state index contributed by atoms with van der Waals surface area (Å²) >= 11 is 14.9. The van der Waals surface area contributed by atoms with Crippen LogP contribution in [0.2, 0.25) is 10.0 Å². The summed E-state index contributed by atoms with van der Waals surface area (Å²) in [5, 5.41) is 16.2. The number of allylic oxidation sites excluding steroid dienone is 1. The van der Waals surface area contributed by atoms with Crippen molar-refractivity contribution in [3.05, 3.63) is 70.5 Å². The number of thioether (sulfide) groups is 1. The van der Waals surface area contributed by atoms with Gasteiger partial charge in [-0.2, -0.15) is 0 Å². The van der Waals surface area contributed by atoms with Gasteiger partial charge in [-0.05, 0) is 24.3 Å². The van der Waals surface area contributed by atoms with Crippen LogP contribution in [0.5, 0.6) is 0 Å². The van der Waals surface area contributed by atoms with Gasteiger partial charge >= 0.3 is 0 Å². The summed E-state index contributed by atoms with van der Waals surface area (Å²) in [6, 6.07) is 13.2. The monoisotopic (exact) mass is 474 g/mol. The maximum Gasteiger partial charge on any atom is 0.234 e. The molecule has 0 aliphatic heterocycles. The zero-order valence-corrected chi connectivity index (χ0v) is 18.8. The molecule has 0 bridgehead atoms. The van der Waals surface area contributed by atoms with Crippen molar-refractivity contribution in [3.8, 4) is 11.4 Å². The highest BCUT2D eigenvalue weighted by Crippen LogP contribution is 2.34. The number of fused-ring (bicyclic) bond motifs is 1. The molecule has 2 heterocycles. The van der Waals surface area contributed by atoms with Crippen LogP contribution in [0.3, 0.4) is 0 Å². The molecule has 0 aliphatic rings. The molecule has 4 rings (SSSR count). The van der Waals surface area contributed by atoms with E-state index >= 15 is 0 Å². The molecule has 0 saturated heterocycles. The summed E-state index contributed by atoms with van der Waals surface area (Å²) in [6.07, 6.45) is 1.79. The molecule has 152 valence electrons.